The molecule has 2 rings (SSSR count). The largest absolute Gasteiger partial charge is 0.367 e. The van der Waals surface area contributed by atoms with Crippen molar-refractivity contribution in [3.63, 3.8) is 0 Å². The van der Waals surface area contributed by atoms with Crippen LogP contribution in [-0.4, -0.2) is 23.9 Å². The van der Waals surface area contributed by atoms with Crippen molar-refractivity contribution in [3.8, 4) is 0 Å². The maximum absolute atomic E-state index is 10.9. The van der Waals surface area contributed by atoms with E-state index in [1.807, 2.05) is 0 Å². The van der Waals surface area contributed by atoms with Gasteiger partial charge in [0.05, 0.1) is 12.2 Å². The minimum Gasteiger partial charge on any atom is -0.367 e. The summed E-state index contributed by atoms with van der Waals surface area (Å²) in [5, 5.41) is 3.08. The number of aromatic nitrogens is 1. The number of pyridine rings is 1. The zero-order chi connectivity index (χ0) is 8.39. The normalized spacial score (nSPS) is 15.5. The van der Waals surface area contributed by atoms with Gasteiger partial charge in [-0.3, -0.25) is 9.79 Å². The first kappa shape index (κ1) is 7.09. The smallest absolute Gasteiger partial charge is 0.182 e. The molecule has 4 nitrogen and oxygen atoms in total. The average molecular weight is 163 g/mol. The molecule has 0 bridgehead atoms. The monoisotopic (exact) mass is 163 g/mol. The Balaban J connectivity index is 2.39. The molecule has 0 aromatic carbocycles. The van der Waals surface area contributed by atoms with Crippen LogP contribution in [0.1, 0.15) is 5.69 Å². The Kier molecular flexibility index (Phi) is 1.66. The third kappa shape index (κ3) is 1.23. The summed E-state index contributed by atoms with van der Waals surface area (Å²) < 4.78 is 0. The van der Waals surface area contributed by atoms with Gasteiger partial charge in [-0.1, -0.05) is 0 Å². The Labute approximate surface area is 69.3 Å². The second kappa shape index (κ2) is 2.81. The van der Waals surface area contributed by atoms with Gasteiger partial charge in [0.15, 0.2) is 5.43 Å². The summed E-state index contributed by atoms with van der Waals surface area (Å²) in [6.45, 7) is 1.64. The number of aromatic amines is 1. The average Bonchev–Trinajstić information content (AvgIpc) is 2.56. The predicted molar refractivity (Wildman–Crippen MR) is 46.5 cm³/mol. The van der Waals surface area contributed by atoms with Crippen molar-refractivity contribution in [2.75, 3.05) is 13.1 Å². The van der Waals surface area contributed by atoms with E-state index >= 15 is 0 Å². The Morgan fingerprint density at radius 2 is 2.42 bits per heavy atom. The highest BCUT2D eigenvalue weighted by Gasteiger charge is 2.07. The minimum absolute atomic E-state index is 0.000139. The van der Waals surface area contributed by atoms with E-state index in [2.05, 4.69) is 15.3 Å². The SMILES string of the molecule is O=c1cc[nH]c(C2=NCCN2)c1. The summed E-state index contributed by atoms with van der Waals surface area (Å²) in [5.74, 6) is 0.785. The first-order valence-corrected chi connectivity index (χ1v) is 3.84. The molecule has 0 saturated heterocycles. The fourth-order valence-corrected chi connectivity index (χ4v) is 1.16. The number of aliphatic imine (C=N–C) groups is 1. The number of rotatable bonds is 1. The molecule has 0 unspecified atom stereocenters. The van der Waals surface area contributed by atoms with E-state index in [1.54, 1.807) is 6.20 Å². The lowest BCUT2D eigenvalue weighted by atomic mass is 10.3. The zero-order valence-electron chi connectivity index (χ0n) is 6.50. The van der Waals surface area contributed by atoms with Gasteiger partial charge in [0.2, 0.25) is 0 Å². The van der Waals surface area contributed by atoms with Crippen LogP contribution < -0.4 is 10.7 Å². The highest BCUT2D eigenvalue weighted by atomic mass is 16.1. The van der Waals surface area contributed by atoms with Gasteiger partial charge in [0.25, 0.3) is 0 Å². The molecule has 12 heavy (non-hydrogen) atoms. The number of hydrogen-bond donors (Lipinski definition) is 2. The predicted octanol–water partition coefficient (Wildman–Crippen LogP) is -0.275. The van der Waals surface area contributed by atoms with Crippen LogP contribution in [0.2, 0.25) is 0 Å². The number of H-pyrrole nitrogens is 1. The number of hydrogen-bond acceptors (Lipinski definition) is 3. The molecule has 0 aliphatic carbocycles. The maximum Gasteiger partial charge on any atom is 0.182 e. The van der Waals surface area contributed by atoms with Crippen LogP contribution in [0.25, 0.3) is 0 Å². The molecule has 0 spiro atoms. The van der Waals surface area contributed by atoms with Crippen molar-refractivity contribution in [2.45, 2.75) is 0 Å². The summed E-state index contributed by atoms with van der Waals surface area (Å²) in [4.78, 5) is 18.1. The molecule has 2 N–H and O–H groups in total. The third-order valence-electron chi connectivity index (χ3n) is 1.70. The molecule has 1 aromatic heterocycles. The molecule has 0 atom stereocenters. The van der Waals surface area contributed by atoms with E-state index in [4.69, 9.17) is 0 Å². The molecule has 1 aromatic rings. The van der Waals surface area contributed by atoms with E-state index in [0.29, 0.717) is 0 Å². The molecule has 1 aliphatic rings. The van der Waals surface area contributed by atoms with E-state index in [0.717, 1.165) is 24.6 Å². The van der Waals surface area contributed by atoms with Gasteiger partial charge in [-0.2, -0.15) is 0 Å². The molecule has 62 valence electrons. The molecule has 0 radical (unpaired) electrons. The molecule has 1 aliphatic heterocycles. The topological polar surface area (TPSA) is 57.2 Å². The van der Waals surface area contributed by atoms with Crippen molar-refractivity contribution in [2.24, 2.45) is 4.99 Å². The van der Waals surface area contributed by atoms with Gasteiger partial charge in [0, 0.05) is 24.9 Å². The molecule has 0 saturated carbocycles. The van der Waals surface area contributed by atoms with Crippen molar-refractivity contribution in [1.82, 2.24) is 10.3 Å². The standard InChI is InChI=1S/C8H9N3O/c12-6-1-2-9-7(5-6)8-10-3-4-11-8/h1-2,5H,3-4H2,(H,9,12)(H,10,11). The Morgan fingerprint density at radius 1 is 1.50 bits per heavy atom. The fourth-order valence-electron chi connectivity index (χ4n) is 1.16. The maximum atomic E-state index is 10.9. The molecular formula is C8H9N3O. The summed E-state index contributed by atoms with van der Waals surface area (Å²) in [6, 6.07) is 3.02. The second-order valence-electron chi connectivity index (χ2n) is 2.60. The highest BCUT2D eigenvalue weighted by molar-refractivity contribution is 5.97. The van der Waals surface area contributed by atoms with Gasteiger partial charge in [-0.15, -0.1) is 0 Å². The van der Waals surface area contributed by atoms with Crippen LogP contribution in [0.4, 0.5) is 0 Å². The van der Waals surface area contributed by atoms with E-state index < -0.39 is 0 Å². The fraction of sp³-hybridized carbons (Fsp3) is 0.250. The molecule has 0 amide bonds. The minimum atomic E-state index is 0.000139. The first-order chi connectivity index (χ1) is 5.86. The summed E-state index contributed by atoms with van der Waals surface area (Å²) in [5.41, 5.74) is 0.764. The number of amidine groups is 1. The molecule has 0 fully saturated rings. The summed E-state index contributed by atoms with van der Waals surface area (Å²) >= 11 is 0. The van der Waals surface area contributed by atoms with Crippen molar-refractivity contribution in [1.29, 1.82) is 0 Å². The summed E-state index contributed by atoms with van der Waals surface area (Å²) in [7, 11) is 0. The van der Waals surface area contributed by atoms with Crippen molar-refractivity contribution < 1.29 is 0 Å². The Bertz CT molecular complexity index is 367. The van der Waals surface area contributed by atoms with Gasteiger partial charge in [-0.05, 0) is 0 Å². The Hall–Kier alpha value is -1.58. The van der Waals surface area contributed by atoms with E-state index in [-0.39, 0.29) is 5.43 Å². The third-order valence-corrected chi connectivity index (χ3v) is 1.70. The van der Waals surface area contributed by atoms with Crippen molar-refractivity contribution >= 4 is 5.84 Å². The number of nitrogens with one attached hydrogen (secondary N) is 2. The lowest BCUT2D eigenvalue weighted by molar-refractivity contribution is 0.958. The van der Waals surface area contributed by atoms with Crippen LogP contribution in [0.15, 0.2) is 28.1 Å². The summed E-state index contributed by atoms with van der Waals surface area (Å²) in [6.07, 6.45) is 1.63. The highest BCUT2D eigenvalue weighted by Crippen LogP contribution is 1.94. The van der Waals surface area contributed by atoms with Gasteiger partial charge in [0.1, 0.15) is 5.84 Å². The van der Waals surface area contributed by atoms with Crippen LogP contribution in [0.3, 0.4) is 0 Å². The van der Waals surface area contributed by atoms with Crippen LogP contribution in [0, 0.1) is 0 Å². The lowest BCUT2D eigenvalue weighted by Crippen LogP contribution is -2.21. The van der Waals surface area contributed by atoms with Crippen LogP contribution >= 0.6 is 0 Å². The van der Waals surface area contributed by atoms with Gasteiger partial charge in [-0.25, -0.2) is 0 Å². The zero-order valence-corrected chi connectivity index (χ0v) is 6.50. The Morgan fingerprint density at radius 3 is 3.08 bits per heavy atom. The first-order valence-electron chi connectivity index (χ1n) is 3.84. The molecule has 2 heterocycles. The second-order valence-corrected chi connectivity index (χ2v) is 2.60. The lowest BCUT2D eigenvalue weighted by Gasteiger charge is -1.99. The molecular weight excluding hydrogens is 154 g/mol. The van der Waals surface area contributed by atoms with Crippen LogP contribution in [-0.2, 0) is 0 Å². The quantitative estimate of drug-likeness (QED) is 0.598. The van der Waals surface area contributed by atoms with Crippen molar-refractivity contribution in [3.05, 3.63) is 34.2 Å². The molecule has 4 heteroatoms. The number of nitrogens with zero attached hydrogens (tertiary/aromatic N) is 1. The van der Waals surface area contributed by atoms with Gasteiger partial charge >= 0.3 is 0 Å². The van der Waals surface area contributed by atoms with Gasteiger partial charge < -0.3 is 10.3 Å². The van der Waals surface area contributed by atoms with E-state index in [1.165, 1.54) is 12.1 Å². The van der Waals surface area contributed by atoms with Crippen LogP contribution in [0.5, 0.6) is 0 Å². The van der Waals surface area contributed by atoms with E-state index in [9.17, 15) is 4.79 Å².